The van der Waals surface area contributed by atoms with E-state index in [9.17, 15) is 9.18 Å². The van der Waals surface area contributed by atoms with Gasteiger partial charge in [0.05, 0.1) is 18.1 Å². The Hall–Kier alpha value is -3.91. The highest BCUT2D eigenvalue weighted by atomic mass is 79.9. The van der Waals surface area contributed by atoms with E-state index in [1.54, 1.807) is 42.3 Å². The van der Waals surface area contributed by atoms with Gasteiger partial charge in [-0.15, -0.1) is 0 Å². The van der Waals surface area contributed by atoms with Crippen molar-refractivity contribution in [2.75, 3.05) is 12.4 Å². The normalized spacial score (nSPS) is 10.9. The maximum atomic E-state index is 13.9. The molecule has 1 amide bonds. The molecule has 4 rings (SSSR count). The molecular weight excluding hydrogens is 513 g/mol. The minimum Gasteiger partial charge on any atom is -0.496 e. The molecule has 0 saturated heterocycles. The van der Waals surface area contributed by atoms with Crippen molar-refractivity contribution in [3.8, 4) is 11.5 Å². The van der Waals surface area contributed by atoms with E-state index in [0.717, 1.165) is 16.9 Å². The minimum atomic E-state index is -0.347. The molecule has 0 atom stereocenters. The number of methoxy groups -OCH3 is 1. The lowest BCUT2D eigenvalue weighted by molar-refractivity contribution is -0.111. The molecule has 0 aliphatic heterocycles. The number of ether oxygens (including phenoxy) is 2. The first kappa shape index (κ1) is 24.2. The van der Waals surface area contributed by atoms with Crippen LogP contribution in [-0.2, 0) is 17.9 Å². The first-order chi connectivity index (χ1) is 17.0. The van der Waals surface area contributed by atoms with Gasteiger partial charge in [0, 0.05) is 23.4 Å². The molecule has 6 nitrogen and oxygen atoms in total. The second-order valence-corrected chi connectivity index (χ2v) is 8.46. The fourth-order valence-electron chi connectivity index (χ4n) is 3.39. The summed E-state index contributed by atoms with van der Waals surface area (Å²) >= 11 is 3.39. The van der Waals surface area contributed by atoms with Crippen LogP contribution in [0.15, 0.2) is 89.5 Å². The van der Waals surface area contributed by atoms with Crippen LogP contribution in [0, 0.1) is 5.82 Å². The molecule has 0 unspecified atom stereocenters. The molecule has 1 aromatic heterocycles. The van der Waals surface area contributed by atoms with Crippen molar-refractivity contribution in [1.82, 2.24) is 9.78 Å². The Morgan fingerprint density at radius 2 is 1.86 bits per heavy atom. The lowest BCUT2D eigenvalue weighted by atomic mass is 10.1. The van der Waals surface area contributed by atoms with Gasteiger partial charge in [-0.1, -0.05) is 42.5 Å². The third kappa shape index (κ3) is 6.58. The number of hydrogen-bond donors (Lipinski definition) is 1. The summed E-state index contributed by atoms with van der Waals surface area (Å²) in [7, 11) is 1.60. The number of carbonyl (C=O) groups is 1. The molecule has 0 spiro atoms. The first-order valence-corrected chi connectivity index (χ1v) is 11.6. The second kappa shape index (κ2) is 11.5. The standard InChI is InChI=1S/C27H23BrFN3O3/c1-34-25-13-11-19(15-21(25)18-35-22-8-3-2-4-9-22)12-14-26(33)30-27-23(28)17-32(31-27)16-20-7-5-6-10-24(20)29/h2-15,17H,16,18H2,1H3,(H,30,31,33)/b14-12+. The molecule has 8 heteroatoms. The highest BCUT2D eigenvalue weighted by Gasteiger charge is 2.11. The van der Waals surface area contributed by atoms with Gasteiger partial charge in [-0.2, -0.15) is 5.10 Å². The van der Waals surface area contributed by atoms with E-state index < -0.39 is 0 Å². The Morgan fingerprint density at radius 1 is 1.09 bits per heavy atom. The van der Waals surface area contributed by atoms with Crippen LogP contribution in [-0.4, -0.2) is 22.8 Å². The molecule has 35 heavy (non-hydrogen) atoms. The van der Waals surface area contributed by atoms with Crippen LogP contribution in [0.5, 0.6) is 11.5 Å². The van der Waals surface area contributed by atoms with E-state index in [0.29, 0.717) is 28.2 Å². The Morgan fingerprint density at radius 3 is 2.63 bits per heavy atom. The number of carbonyl (C=O) groups excluding carboxylic acids is 1. The Kier molecular flexibility index (Phi) is 7.95. The smallest absolute Gasteiger partial charge is 0.249 e. The maximum absolute atomic E-state index is 13.9. The van der Waals surface area contributed by atoms with Gasteiger partial charge in [0.25, 0.3) is 0 Å². The summed E-state index contributed by atoms with van der Waals surface area (Å²) in [6, 6.07) is 21.6. The molecule has 0 radical (unpaired) electrons. The largest absolute Gasteiger partial charge is 0.496 e. The molecule has 0 saturated carbocycles. The van der Waals surface area contributed by atoms with Crippen molar-refractivity contribution in [3.05, 3.63) is 112 Å². The van der Waals surface area contributed by atoms with Crippen LogP contribution in [0.3, 0.4) is 0 Å². The topological polar surface area (TPSA) is 65.4 Å². The molecule has 0 fully saturated rings. The van der Waals surface area contributed by atoms with E-state index >= 15 is 0 Å². The van der Waals surface area contributed by atoms with Crippen molar-refractivity contribution in [2.45, 2.75) is 13.2 Å². The van der Waals surface area contributed by atoms with Crippen LogP contribution < -0.4 is 14.8 Å². The summed E-state index contributed by atoms with van der Waals surface area (Å²) in [4.78, 5) is 12.5. The summed E-state index contributed by atoms with van der Waals surface area (Å²) in [5, 5.41) is 7.07. The van der Waals surface area contributed by atoms with Gasteiger partial charge in [-0.05, 0) is 57.9 Å². The number of rotatable bonds is 9. The molecule has 178 valence electrons. The molecular formula is C27H23BrFN3O3. The van der Waals surface area contributed by atoms with Gasteiger partial charge < -0.3 is 14.8 Å². The summed E-state index contributed by atoms with van der Waals surface area (Å²) < 4.78 is 27.3. The number of halogens is 2. The lowest BCUT2D eigenvalue weighted by Crippen LogP contribution is -2.10. The zero-order valence-electron chi connectivity index (χ0n) is 18.9. The zero-order valence-corrected chi connectivity index (χ0v) is 20.5. The number of hydrogen-bond acceptors (Lipinski definition) is 4. The summed E-state index contributed by atoms with van der Waals surface area (Å²) in [5.74, 6) is 1.16. The third-order valence-corrected chi connectivity index (χ3v) is 5.70. The lowest BCUT2D eigenvalue weighted by Gasteiger charge is -2.11. The molecule has 0 aliphatic rings. The molecule has 4 aromatic rings. The SMILES string of the molecule is COc1ccc(/C=C/C(=O)Nc2nn(Cc3ccccc3F)cc2Br)cc1COc1ccccc1. The Labute approximate surface area is 211 Å². The van der Waals surface area contributed by atoms with Crippen LogP contribution in [0.4, 0.5) is 10.2 Å². The van der Waals surface area contributed by atoms with E-state index in [1.807, 2.05) is 48.5 Å². The fourth-order valence-corrected chi connectivity index (χ4v) is 3.80. The van der Waals surface area contributed by atoms with Gasteiger partial charge in [0.15, 0.2) is 5.82 Å². The quantitative estimate of drug-likeness (QED) is 0.264. The summed E-state index contributed by atoms with van der Waals surface area (Å²) in [6.45, 7) is 0.574. The van der Waals surface area contributed by atoms with Crippen molar-refractivity contribution >= 4 is 33.7 Å². The number of amides is 1. The number of benzene rings is 3. The van der Waals surface area contributed by atoms with Crippen molar-refractivity contribution in [2.24, 2.45) is 0 Å². The Balaban J connectivity index is 1.40. The zero-order chi connectivity index (χ0) is 24.6. The van der Waals surface area contributed by atoms with Crippen molar-refractivity contribution in [1.29, 1.82) is 0 Å². The fraction of sp³-hybridized carbons (Fsp3) is 0.111. The van der Waals surface area contributed by atoms with E-state index in [1.165, 1.54) is 12.1 Å². The van der Waals surface area contributed by atoms with Crippen molar-refractivity contribution < 1.29 is 18.7 Å². The van der Waals surface area contributed by atoms with Gasteiger partial charge in [0.1, 0.15) is 23.9 Å². The number of nitrogens with zero attached hydrogens (tertiary/aromatic N) is 2. The molecule has 3 aromatic carbocycles. The molecule has 0 aliphatic carbocycles. The average molecular weight is 536 g/mol. The van der Waals surface area contributed by atoms with Crippen LogP contribution >= 0.6 is 15.9 Å². The average Bonchev–Trinajstić information content (AvgIpc) is 3.21. The molecule has 1 heterocycles. The van der Waals surface area contributed by atoms with E-state index in [-0.39, 0.29) is 18.3 Å². The summed E-state index contributed by atoms with van der Waals surface area (Å²) in [5.41, 5.74) is 2.18. The summed E-state index contributed by atoms with van der Waals surface area (Å²) in [6.07, 6.45) is 4.81. The predicted octanol–water partition coefficient (Wildman–Crippen LogP) is 6.07. The van der Waals surface area contributed by atoms with E-state index in [4.69, 9.17) is 9.47 Å². The highest BCUT2D eigenvalue weighted by Crippen LogP contribution is 2.24. The molecule has 0 bridgehead atoms. The van der Waals surface area contributed by atoms with Crippen LogP contribution in [0.1, 0.15) is 16.7 Å². The number of para-hydroxylation sites is 1. The highest BCUT2D eigenvalue weighted by molar-refractivity contribution is 9.10. The first-order valence-electron chi connectivity index (χ1n) is 10.8. The van der Waals surface area contributed by atoms with Gasteiger partial charge in [0.2, 0.25) is 5.91 Å². The van der Waals surface area contributed by atoms with Gasteiger partial charge in [-0.25, -0.2) is 4.39 Å². The number of anilines is 1. The maximum Gasteiger partial charge on any atom is 0.249 e. The molecule has 1 N–H and O–H groups in total. The monoisotopic (exact) mass is 535 g/mol. The van der Waals surface area contributed by atoms with Crippen molar-refractivity contribution in [3.63, 3.8) is 0 Å². The predicted molar refractivity (Wildman–Crippen MR) is 137 cm³/mol. The second-order valence-electron chi connectivity index (χ2n) is 7.61. The number of aromatic nitrogens is 2. The third-order valence-electron chi connectivity index (χ3n) is 5.12. The van der Waals surface area contributed by atoms with E-state index in [2.05, 4.69) is 26.3 Å². The number of nitrogens with one attached hydrogen (secondary N) is 1. The Bertz CT molecular complexity index is 1340. The van der Waals surface area contributed by atoms with Gasteiger partial charge >= 0.3 is 0 Å². The van der Waals surface area contributed by atoms with Crippen LogP contribution in [0.2, 0.25) is 0 Å². The minimum absolute atomic E-state index is 0.247. The van der Waals surface area contributed by atoms with Crippen LogP contribution in [0.25, 0.3) is 6.08 Å². The van der Waals surface area contributed by atoms with Gasteiger partial charge in [-0.3, -0.25) is 9.48 Å².